The Hall–Kier alpha value is -2.63. The van der Waals surface area contributed by atoms with Crippen LogP contribution in [-0.2, 0) is 35.3 Å². The fourth-order valence-corrected chi connectivity index (χ4v) is 3.05. The number of aromatic nitrogens is 2. The number of aromatic carboxylic acids is 1. The average Bonchev–Trinajstić information content (AvgIpc) is 2.89. The zero-order chi connectivity index (χ0) is 20.2. The Bertz CT molecular complexity index is 814. The van der Waals surface area contributed by atoms with Crippen LogP contribution in [0.5, 0.6) is 0 Å². The van der Waals surface area contributed by atoms with Crippen LogP contribution in [0.4, 0.5) is 0 Å². The van der Waals surface area contributed by atoms with Crippen LogP contribution in [0.25, 0.3) is 0 Å². The molecule has 1 heterocycles. The first-order valence-electron chi connectivity index (χ1n) is 9.26. The smallest absolute Gasteiger partial charge is 0.335 e. The van der Waals surface area contributed by atoms with Crippen molar-refractivity contribution in [3.63, 3.8) is 0 Å². The van der Waals surface area contributed by atoms with Crippen molar-refractivity contribution in [3.8, 4) is 0 Å². The first-order valence-corrected chi connectivity index (χ1v) is 9.26. The average molecular weight is 372 g/mol. The number of aryl methyl sites for hydroxylation is 1. The molecule has 0 aliphatic rings. The highest BCUT2D eigenvalue weighted by molar-refractivity contribution is 5.87. The van der Waals surface area contributed by atoms with E-state index in [4.69, 9.17) is 14.9 Å². The molecule has 0 aliphatic carbocycles. The van der Waals surface area contributed by atoms with Crippen molar-refractivity contribution in [2.24, 2.45) is 0 Å². The van der Waals surface area contributed by atoms with Gasteiger partial charge in [0.1, 0.15) is 5.60 Å². The Morgan fingerprint density at radius 3 is 2.22 bits per heavy atom. The molecule has 2 rings (SSSR count). The van der Waals surface area contributed by atoms with E-state index in [-0.39, 0.29) is 18.0 Å². The van der Waals surface area contributed by atoms with Crippen LogP contribution in [0.3, 0.4) is 0 Å². The lowest BCUT2D eigenvalue weighted by Gasteiger charge is -2.19. The van der Waals surface area contributed by atoms with Crippen molar-refractivity contribution >= 4 is 11.9 Å². The molecule has 6 heteroatoms. The summed E-state index contributed by atoms with van der Waals surface area (Å²) in [6.45, 7) is 10.2. The highest BCUT2D eigenvalue weighted by Gasteiger charge is 2.22. The Morgan fingerprint density at radius 1 is 1.11 bits per heavy atom. The third kappa shape index (κ3) is 5.42. The van der Waals surface area contributed by atoms with E-state index in [2.05, 4.69) is 0 Å². The van der Waals surface area contributed by atoms with Crippen LogP contribution in [0.2, 0.25) is 0 Å². The number of carboxylic acid groups (broad SMARTS) is 1. The molecule has 0 aliphatic heterocycles. The van der Waals surface area contributed by atoms with Gasteiger partial charge in [-0.25, -0.2) is 4.79 Å². The number of hydrogen-bond acceptors (Lipinski definition) is 4. The maximum Gasteiger partial charge on any atom is 0.335 e. The van der Waals surface area contributed by atoms with Crippen LogP contribution in [-0.4, -0.2) is 32.4 Å². The summed E-state index contributed by atoms with van der Waals surface area (Å²) in [5.74, 6) is -1.19. The zero-order valence-electron chi connectivity index (χ0n) is 16.7. The Labute approximate surface area is 160 Å². The molecular weight excluding hydrogens is 344 g/mol. The second kappa shape index (κ2) is 8.37. The molecule has 0 atom stereocenters. The predicted octanol–water partition coefficient (Wildman–Crippen LogP) is 3.64. The van der Waals surface area contributed by atoms with Crippen molar-refractivity contribution in [3.05, 3.63) is 52.3 Å². The summed E-state index contributed by atoms with van der Waals surface area (Å²) >= 11 is 0. The van der Waals surface area contributed by atoms with Gasteiger partial charge in [-0.1, -0.05) is 26.0 Å². The molecule has 6 nitrogen and oxygen atoms in total. The van der Waals surface area contributed by atoms with E-state index in [0.29, 0.717) is 6.54 Å². The molecule has 0 saturated heterocycles. The van der Waals surface area contributed by atoms with E-state index in [1.807, 2.05) is 39.3 Å². The van der Waals surface area contributed by atoms with Crippen molar-refractivity contribution < 1.29 is 19.4 Å². The molecule has 1 aromatic heterocycles. The lowest BCUT2D eigenvalue weighted by atomic mass is 10.1. The summed E-state index contributed by atoms with van der Waals surface area (Å²) in [5, 5.41) is 13.7. The number of benzene rings is 1. The van der Waals surface area contributed by atoms with Gasteiger partial charge in [-0.05, 0) is 51.3 Å². The summed E-state index contributed by atoms with van der Waals surface area (Å²) in [6.07, 6.45) is 1.69. The van der Waals surface area contributed by atoms with Crippen molar-refractivity contribution in [2.45, 2.75) is 66.0 Å². The largest absolute Gasteiger partial charge is 0.478 e. The number of nitrogens with zero attached hydrogens (tertiary/aromatic N) is 2. The van der Waals surface area contributed by atoms with E-state index in [0.717, 1.165) is 35.4 Å². The molecule has 0 amide bonds. The maximum absolute atomic E-state index is 12.3. The molecule has 0 spiro atoms. The summed E-state index contributed by atoms with van der Waals surface area (Å²) in [4.78, 5) is 23.3. The monoisotopic (exact) mass is 372 g/mol. The fourth-order valence-electron chi connectivity index (χ4n) is 3.05. The van der Waals surface area contributed by atoms with E-state index < -0.39 is 11.6 Å². The van der Waals surface area contributed by atoms with Gasteiger partial charge in [0.15, 0.2) is 0 Å². The molecule has 146 valence electrons. The maximum atomic E-state index is 12.3. The molecule has 0 saturated carbocycles. The Balaban J connectivity index is 2.28. The number of esters is 1. The number of carbonyl (C=O) groups excluding carboxylic acids is 1. The summed E-state index contributed by atoms with van der Waals surface area (Å²) < 4.78 is 7.38. The molecular formula is C21H28N2O4. The SMILES string of the molecule is CCc1nn(Cc2ccc(C(=O)O)cc2)c(CC)c1CC(=O)OC(C)(C)C. The van der Waals surface area contributed by atoms with Crippen molar-refractivity contribution in [1.82, 2.24) is 9.78 Å². The molecule has 27 heavy (non-hydrogen) atoms. The Kier molecular flexibility index (Phi) is 6.41. The van der Waals surface area contributed by atoms with Gasteiger partial charge in [-0.2, -0.15) is 5.10 Å². The zero-order valence-corrected chi connectivity index (χ0v) is 16.7. The van der Waals surface area contributed by atoms with Crippen LogP contribution in [0.15, 0.2) is 24.3 Å². The second-order valence-corrected chi connectivity index (χ2v) is 7.50. The molecule has 1 N–H and O–H groups in total. The first kappa shape index (κ1) is 20.7. The van der Waals surface area contributed by atoms with E-state index >= 15 is 0 Å². The molecule has 1 aromatic carbocycles. The normalized spacial score (nSPS) is 11.4. The van der Waals surface area contributed by atoms with Gasteiger partial charge in [0, 0.05) is 11.3 Å². The lowest BCUT2D eigenvalue weighted by molar-refractivity contribution is -0.153. The topological polar surface area (TPSA) is 81.4 Å². The molecule has 0 bridgehead atoms. The van der Waals surface area contributed by atoms with Crippen LogP contribution in [0.1, 0.15) is 67.5 Å². The van der Waals surface area contributed by atoms with Crippen molar-refractivity contribution in [2.75, 3.05) is 0 Å². The standard InChI is InChI=1S/C21H28N2O4/c1-6-17-16(12-19(24)27-21(3,4)5)18(7-2)23(22-17)13-14-8-10-15(11-9-14)20(25)26/h8-11H,6-7,12-13H2,1-5H3,(H,25,26). The molecule has 0 radical (unpaired) electrons. The van der Waals surface area contributed by atoms with Gasteiger partial charge in [0.05, 0.1) is 24.2 Å². The van der Waals surface area contributed by atoms with Crippen LogP contribution < -0.4 is 0 Å². The van der Waals surface area contributed by atoms with Crippen LogP contribution >= 0.6 is 0 Å². The fraction of sp³-hybridized carbons (Fsp3) is 0.476. The predicted molar refractivity (Wildman–Crippen MR) is 103 cm³/mol. The minimum Gasteiger partial charge on any atom is -0.478 e. The highest BCUT2D eigenvalue weighted by atomic mass is 16.6. The summed E-state index contributed by atoms with van der Waals surface area (Å²) in [6, 6.07) is 6.78. The number of rotatable bonds is 7. The minimum atomic E-state index is -0.942. The number of carbonyl (C=O) groups is 2. The van der Waals surface area contributed by atoms with E-state index in [1.54, 1.807) is 24.3 Å². The third-order valence-corrected chi connectivity index (χ3v) is 4.19. The van der Waals surface area contributed by atoms with Crippen LogP contribution in [0, 0.1) is 0 Å². The number of carboxylic acids is 1. The third-order valence-electron chi connectivity index (χ3n) is 4.19. The van der Waals surface area contributed by atoms with Gasteiger partial charge in [0.25, 0.3) is 0 Å². The number of ether oxygens (including phenoxy) is 1. The van der Waals surface area contributed by atoms with E-state index in [1.165, 1.54) is 0 Å². The first-order chi connectivity index (χ1) is 12.6. The molecule has 2 aromatic rings. The van der Waals surface area contributed by atoms with Gasteiger partial charge in [-0.3, -0.25) is 9.48 Å². The number of hydrogen-bond donors (Lipinski definition) is 1. The van der Waals surface area contributed by atoms with Gasteiger partial charge in [0.2, 0.25) is 0 Å². The highest BCUT2D eigenvalue weighted by Crippen LogP contribution is 2.20. The lowest BCUT2D eigenvalue weighted by Crippen LogP contribution is -2.25. The van der Waals surface area contributed by atoms with Gasteiger partial charge < -0.3 is 9.84 Å². The van der Waals surface area contributed by atoms with E-state index in [9.17, 15) is 9.59 Å². The summed E-state index contributed by atoms with van der Waals surface area (Å²) in [5.41, 5.74) is 3.56. The van der Waals surface area contributed by atoms with Crippen molar-refractivity contribution in [1.29, 1.82) is 0 Å². The Morgan fingerprint density at radius 2 is 1.74 bits per heavy atom. The quantitative estimate of drug-likeness (QED) is 0.751. The molecule has 0 fully saturated rings. The van der Waals surface area contributed by atoms with Gasteiger partial charge >= 0.3 is 11.9 Å². The molecule has 0 unspecified atom stereocenters. The minimum absolute atomic E-state index is 0.210. The second-order valence-electron chi connectivity index (χ2n) is 7.50. The summed E-state index contributed by atoms with van der Waals surface area (Å²) in [7, 11) is 0. The van der Waals surface area contributed by atoms with Gasteiger partial charge in [-0.15, -0.1) is 0 Å².